The van der Waals surface area contributed by atoms with E-state index in [1.54, 1.807) is 36.6 Å². The monoisotopic (exact) mass is 600 g/mol. The van der Waals surface area contributed by atoms with E-state index < -0.39 is 30.1 Å². The molecule has 0 spiro atoms. The zero-order valence-electron chi connectivity index (χ0n) is 21.5. The molecule has 7 rings (SSSR count). The number of ether oxygens (including phenoxy) is 1. The minimum Gasteiger partial charge on any atom is -0.480 e. The molecule has 0 unspecified atom stereocenters. The Morgan fingerprint density at radius 3 is 2.86 bits per heavy atom. The molecule has 15 heteroatoms. The van der Waals surface area contributed by atoms with Crippen LogP contribution in [0, 0.1) is 0 Å². The van der Waals surface area contributed by atoms with Gasteiger partial charge in [-0.05, 0) is 18.2 Å². The van der Waals surface area contributed by atoms with Crippen LogP contribution >= 0.6 is 11.6 Å². The summed E-state index contributed by atoms with van der Waals surface area (Å²) in [5, 5.41) is 14.8. The summed E-state index contributed by atoms with van der Waals surface area (Å²) >= 11 is 6.26. The quantitative estimate of drug-likeness (QED) is 0.289. The van der Waals surface area contributed by atoms with Gasteiger partial charge in [0.05, 0.1) is 17.3 Å². The van der Waals surface area contributed by atoms with Gasteiger partial charge in [-0.15, -0.1) is 0 Å². The Bertz CT molecular complexity index is 1840. The van der Waals surface area contributed by atoms with Crippen molar-refractivity contribution >= 4 is 51.1 Å². The summed E-state index contributed by atoms with van der Waals surface area (Å²) in [6.07, 6.45) is -2.09. The summed E-state index contributed by atoms with van der Waals surface area (Å²) in [4.78, 5) is 27.5. The van der Waals surface area contributed by atoms with Crippen molar-refractivity contribution in [2.45, 2.75) is 37.7 Å². The van der Waals surface area contributed by atoms with Crippen molar-refractivity contribution in [3.63, 3.8) is 0 Å². The number of para-hydroxylation sites is 1. The predicted molar refractivity (Wildman–Crippen MR) is 143 cm³/mol. The number of pyridine rings is 1. The van der Waals surface area contributed by atoms with Gasteiger partial charge in [-0.1, -0.05) is 28.9 Å². The Balaban J connectivity index is 1.25. The van der Waals surface area contributed by atoms with Gasteiger partial charge in [0.25, 0.3) is 0 Å². The van der Waals surface area contributed by atoms with Crippen LogP contribution in [0.5, 0.6) is 5.88 Å². The van der Waals surface area contributed by atoms with Crippen LogP contribution in [-0.4, -0.2) is 56.4 Å². The number of carboxylic acids is 1. The molecule has 0 amide bonds. The Morgan fingerprint density at radius 1 is 1.21 bits per heavy atom. The highest BCUT2D eigenvalue weighted by atomic mass is 35.5. The number of hydrogen-bond donors (Lipinski definition) is 1. The number of halogens is 4. The molecule has 2 aliphatic heterocycles. The molecule has 1 aromatic carbocycles. The van der Waals surface area contributed by atoms with Crippen LogP contribution in [0.2, 0.25) is 5.02 Å². The van der Waals surface area contributed by atoms with Crippen LogP contribution in [0.25, 0.3) is 22.1 Å². The molecule has 4 aromatic heterocycles. The van der Waals surface area contributed by atoms with E-state index >= 15 is 0 Å². The Hall–Kier alpha value is -4.59. The van der Waals surface area contributed by atoms with Gasteiger partial charge in [0.2, 0.25) is 11.7 Å². The van der Waals surface area contributed by atoms with Crippen LogP contribution in [-0.2, 0) is 23.9 Å². The van der Waals surface area contributed by atoms with E-state index in [-0.39, 0.29) is 35.8 Å². The number of anilines is 2. The normalized spacial score (nSPS) is 19.0. The fourth-order valence-electron chi connectivity index (χ4n) is 5.49. The van der Waals surface area contributed by atoms with E-state index in [0.717, 1.165) is 11.3 Å². The van der Waals surface area contributed by atoms with Crippen molar-refractivity contribution in [1.82, 2.24) is 20.1 Å². The molecule has 6 heterocycles. The lowest BCUT2D eigenvalue weighted by molar-refractivity contribution is -0.144. The number of fused-ring (bicyclic) bond motifs is 4. The Labute approximate surface area is 239 Å². The van der Waals surface area contributed by atoms with Crippen LogP contribution in [0.4, 0.5) is 24.7 Å². The lowest BCUT2D eigenvalue weighted by atomic mass is 10.1. The van der Waals surface area contributed by atoms with Gasteiger partial charge >= 0.3 is 12.1 Å². The third-order valence-corrected chi connectivity index (χ3v) is 7.61. The van der Waals surface area contributed by atoms with Gasteiger partial charge in [0.1, 0.15) is 35.2 Å². The molecule has 0 aliphatic carbocycles. The zero-order valence-corrected chi connectivity index (χ0v) is 22.3. The van der Waals surface area contributed by atoms with Crippen molar-refractivity contribution in [3.8, 4) is 5.88 Å². The molecule has 0 bridgehead atoms. The van der Waals surface area contributed by atoms with Crippen molar-refractivity contribution in [3.05, 3.63) is 64.9 Å². The Morgan fingerprint density at radius 2 is 2.05 bits per heavy atom. The zero-order chi connectivity index (χ0) is 29.2. The minimum absolute atomic E-state index is 0.0424. The lowest BCUT2D eigenvalue weighted by Gasteiger charge is -2.29. The van der Waals surface area contributed by atoms with Gasteiger partial charge in [-0.3, -0.25) is 0 Å². The summed E-state index contributed by atoms with van der Waals surface area (Å²) in [7, 11) is 0. The molecule has 1 fully saturated rings. The highest BCUT2D eigenvalue weighted by Crippen LogP contribution is 2.40. The van der Waals surface area contributed by atoms with Gasteiger partial charge in [-0.2, -0.15) is 13.2 Å². The number of aliphatic carboxylic acids is 1. The molecule has 11 nitrogen and oxygen atoms in total. The summed E-state index contributed by atoms with van der Waals surface area (Å²) in [5.41, 5.74) is 2.55. The second-order valence-corrected chi connectivity index (χ2v) is 10.5. The second-order valence-electron chi connectivity index (χ2n) is 10.1. The molecule has 2 aliphatic rings. The smallest absolute Gasteiger partial charge is 0.451 e. The van der Waals surface area contributed by atoms with E-state index in [1.807, 2.05) is 4.90 Å². The van der Waals surface area contributed by atoms with E-state index in [2.05, 4.69) is 20.1 Å². The third kappa shape index (κ3) is 4.51. The molecule has 1 N–H and O–H groups in total. The molecule has 5 aromatic rings. The maximum absolute atomic E-state index is 13.9. The first-order valence-electron chi connectivity index (χ1n) is 12.9. The third-order valence-electron chi connectivity index (χ3n) is 7.40. The first-order chi connectivity index (χ1) is 20.2. The van der Waals surface area contributed by atoms with Crippen molar-refractivity contribution in [1.29, 1.82) is 0 Å². The first kappa shape index (κ1) is 26.3. The number of benzene rings is 1. The number of hydrogen-bond acceptors (Lipinski definition) is 10. The van der Waals surface area contributed by atoms with Crippen molar-refractivity contribution in [2.24, 2.45) is 0 Å². The van der Waals surface area contributed by atoms with E-state index in [0.29, 0.717) is 41.2 Å². The van der Waals surface area contributed by atoms with Crippen LogP contribution in [0.1, 0.15) is 23.5 Å². The molecular formula is C27H20ClF3N6O5. The number of nitrogens with zero attached hydrogens (tertiary/aromatic N) is 6. The van der Waals surface area contributed by atoms with Gasteiger partial charge in [-0.25, -0.2) is 19.7 Å². The number of furan rings is 1. The van der Waals surface area contributed by atoms with Crippen molar-refractivity contribution < 1.29 is 36.7 Å². The summed E-state index contributed by atoms with van der Waals surface area (Å²) in [5.74, 6) is -2.71. The number of carboxylic acid groups (broad SMARTS) is 1. The van der Waals surface area contributed by atoms with Crippen LogP contribution in [0.3, 0.4) is 0 Å². The highest BCUT2D eigenvalue weighted by Gasteiger charge is 2.43. The minimum atomic E-state index is -4.88. The molecule has 216 valence electrons. The lowest BCUT2D eigenvalue weighted by Crippen LogP contribution is -2.37. The van der Waals surface area contributed by atoms with Crippen LogP contribution in [0.15, 0.2) is 51.7 Å². The fourth-order valence-corrected chi connectivity index (χ4v) is 5.64. The number of rotatable bonds is 5. The summed E-state index contributed by atoms with van der Waals surface area (Å²) in [6, 6.07) is 6.93. The molecule has 42 heavy (non-hydrogen) atoms. The average Bonchev–Trinajstić information content (AvgIpc) is 3.69. The average molecular weight is 601 g/mol. The van der Waals surface area contributed by atoms with E-state index in [9.17, 15) is 23.1 Å². The molecule has 0 radical (unpaired) electrons. The van der Waals surface area contributed by atoms with Gasteiger partial charge in [0, 0.05) is 43.1 Å². The highest BCUT2D eigenvalue weighted by molar-refractivity contribution is 6.30. The molecule has 0 saturated carbocycles. The number of aromatic nitrogens is 4. The SMILES string of the molecule is O=C(O)[C@@H]1C[C@H](Oc2ncc(Cl)cc2N2CCc3nocc3C2)CN1c1nc(C(F)(F)F)nc2c1oc1ccccc12. The van der Waals surface area contributed by atoms with E-state index in [4.69, 9.17) is 25.3 Å². The van der Waals surface area contributed by atoms with Crippen LogP contribution < -0.4 is 14.5 Å². The number of alkyl halides is 3. The standard InChI is InChI=1S/C27H20ClF3N6O5/c28-14-7-18(36-6-5-17-13(10-36)12-40-35-17)24(32-9-14)41-15-8-19(25(38)39)37(11-15)23-22-21(33-26(34-23)27(29,30)31)16-3-1-2-4-20(16)42-22/h1-4,7,9,12,15,19H,5-6,8,10-11H2,(H,38,39)/t15-,19-/m0/s1. The fraction of sp³-hybridized carbons (Fsp3) is 0.296. The molecule has 1 saturated heterocycles. The largest absolute Gasteiger partial charge is 0.480 e. The second kappa shape index (κ2) is 9.76. The van der Waals surface area contributed by atoms with Crippen molar-refractivity contribution in [2.75, 3.05) is 22.9 Å². The van der Waals surface area contributed by atoms with Gasteiger partial charge in [0.15, 0.2) is 11.4 Å². The molecular weight excluding hydrogens is 581 g/mol. The van der Waals surface area contributed by atoms with Gasteiger partial charge < -0.3 is 28.6 Å². The maximum atomic E-state index is 13.9. The predicted octanol–water partition coefficient (Wildman–Crippen LogP) is 5.10. The molecule has 2 atom stereocenters. The Kier molecular flexibility index (Phi) is 6.11. The maximum Gasteiger partial charge on any atom is 0.451 e. The van der Waals surface area contributed by atoms with E-state index in [1.165, 1.54) is 11.1 Å². The summed E-state index contributed by atoms with van der Waals surface area (Å²) < 4.78 is 58.8. The summed E-state index contributed by atoms with van der Waals surface area (Å²) in [6.45, 7) is 0.950. The number of carbonyl (C=O) groups is 1. The topological polar surface area (TPSA) is 131 Å². The first-order valence-corrected chi connectivity index (χ1v) is 13.3.